The van der Waals surface area contributed by atoms with Crippen LogP contribution in [0, 0.1) is 11.8 Å². The highest BCUT2D eigenvalue weighted by atomic mass is 16.6. The van der Waals surface area contributed by atoms with Gasteiger partial charge >= 0.3 is 5.97 Å². The first kappa shape index (κ1) is 12.9. The number of ether oxygens (including phenoxy) is 1. The number of esters is 1. The Morgan fingerprint density at radius 1 is 1.50 bits per heavy atom. The van der Waals surface area contributed by atoms with E-state index in [1.807, 2.05) is 0 Å². The molecular weight excluding hydrogens is 206 g/mol. The minimum atomic E-state index is -0.204. The van der Waals surface area contributed by atoms with Crippen LogP contribution < -0.4 is 0 Å². The lowest BCUT2D eigenvalue weighted by atomic mass is 9.96. The molecule has 1 fully saturated rings. The predicted octanol–water partition coefficient (Wildman–Crippen LogP) is 2.50. The first-order chi connectivity index (χ1) is 7.69. The molecule has 3 nitrogen and oxygen atoms in total. The SMILES string of the molecule is CC/C=C\C[C@@H]1C(=O)CC[C@H]1[13CH2][13C](=O)OC. The van der Waals surface area contributed by atoms with Crippen molar-refractivity contribution < 1.29 is 14.3 Å². The number of hydrogen-bond donors (Lipinski definition) is 0. The third-order valence-electron chi connectivity index (χ3n) is 3.19. The highest BCUT2D eigenvalue weighted by molar-refractivity contribution is 5.84. The van der Waals surface area contributed by atoms with Crippen molar-refractivity contribution in [1.29, 1.82) is 0 Å². The number of carbonyl (C=O) groups excluding carboxylic acids is 2. The topological polar surface area (TPSA) is 43.4 Å². The largest absolute Gasteiger partial charge is 0.469 e. The fourth-order valence-corrected chi connectivity index (χ4v) is 2.25. The Hall–Kier alpha value is -1.12. The fourth-order valence-electron chi connectivity index (χ4n) is 2.25. The molecule has 3 heteroatoms. The fraction of sp³-hybridized carbons (Fsp3) is 0.692. The molecule has 0 aliphatic heterocycles. The van der Waals surface area contributed by atoms with Crippen LogP contribution in [-0.2, 0) is 14.3 Å². The van der Waals surface area contributed by atoms with Gasteiger partial charge < -0.3 is 4.74 Å². The molecule has 0 bridgehead atoms. The standard InChI is InChI=1S/C13H20O3/c1-3-4-5-6-11-10(7-8-12(11)14)9-13(15)16-2/h4-5,10-11H,3,6-9H2,1-2H3/b5-4-/t10-,11-/m0/s1/i9+1,13+1. The van der Waals surface area contributed by atoms with E-state index in [0.29, 0.717) is 18.6 Å². The minimum absolute atomic E-state index is 0.0295. The highest BCUT2D eigenvalue weighted by Crippen LogP contribution is 2.34. The van der Waals surface area contributed by atoms with E-state index < -0.39 is 0 Å². The van der Waals surface area contributed by atoms with Crippen LogP contribution in [0.1, 0.15) is 39.0 Å². The van der Waals surface area contributed by atoms with E-state index in [1.54, 1.807) is 0 Å². The molecule has 0 saturated heterocycles. The molecule has 1 aliphatic rings. The van der Waals surface area contributed by atoms with Gasteiger partial charge in [-0.25, -0.2) is 0 Å². The van der Waals surface area contributed by atoms with Crippen molar-refractivity contribution in [2.24, 2.45) is 11.8 Å². The summed E-state index contributed by atoms with van der Waals surface area (Å²) in [5.74, 6) is 0.308. The summed E-state index contributed by atoms with van der Waals surface area (Å²) in [6.45, 7) is 2.07. The number of allylic oxidation sites excluding steroid dienone is 2. The lowest BCUT2D eigenvalue weighted by Gasteiger charge is -2.15. The van der Waals surface area contributed by atoms with Crippen LogP contribution in [0.15, 0.2) is 12.2 Å². The van der Waals surface area contributed by atoms with Crippen LogP contribution in [0.3, 0.4) is 0 Å². The molecule has 16 heavy (non-hydrogen) atoms. The van der Waals surface area contributed by atoms with Crippen molar-refractivity contribution in [3.8, 4) is 0 Å². The van der Waals surface area contributed by atoms with Crippen molar-refractivity contribution in [3.63, 3.8) is 0 Å². The molecule has 1 saturated carbocycles. The molecule has 0 aromatic carbocycles. The van der Waals surface area contributed by atoms with E-state index in [0.717, 1.165) is 19.3 Å². The number of methoxy groups -OCH3 is 1. The zero-order valence-electron chi connectivity index (χ0n) is 10.1. The molecule has 0 unspecified atom stereocenters. The average Bonchev–Trinajstić information content (AvgIpc) is 2.61. The molecule has 0 N–H and O–H groups in total. The number of Topliss-reactive ketones (excluding diaryl/α,β-unsaturated/α-hetero) is 1. The molecule has 0 spiro atoms. The first-order valence-electron chi connectivity index (χ1n) is 5.93. The second-order valence-electron chi connectivity index (χ2n) is 4.27. The van der Waals surface area contributed by atoms with Gasteiger partial charge in [0.05, 0.1) is 7.11 Å². The van der Waals surface area contributed by atoms with Crippen LogP contribution in [0.25, 0.3) is 0 Å². The number of rotatable bonds is 5. The summed E-state index contributed by atoms with van der Waals surface area (Å²) >= 11 is 0. The van der Waals surface area contributed by atoms with Crippen molar-refractivity contribution in [2.75, 3.05) is 7.11 Å². The lowest BCUT2D eigenvalue weighted by Crippen LogP contribution is -2.18. The van der Waals surface area contributed by atoms with Crippen molar-refractivity contribution >= 4 is 11.8 Å². The Morgan fingerprint density at radius 2 is 2.25 bits per heavy atom. The van der Waals surface area contributed by atoms with Gasteiger partial charge in [0.2, 0.25) is 0 Å². The van der Waals surface area contributed by atoms with Gasteiger partial charge in [-0.2, -0.15) is 0 Å². The maximum atomic E-state index is 11.7. The molecule has 1 rings (SSSR count). The lowest BCUT2D eigenvalue weighted by molar-refractivity contribution is -0.142. The van der Waals surface area contributed by atoms with Gasteiger partial charge in [0, 0.05) is 18.8 Å². The maximum Gasteiger partial charge on any atom is 0.305 e. The van der Waals surface area contributed by atoms with E-state index in [9.17, 15) is 9.59 Å². The van der Waals surface area contributed by atoms with E-state index in [1.165, 1.54) is 7.11 Å². The van der Waals surface area contributed by atoms with Gasteiger partial charge in [-0.1, -0.05) is 19.1 Å². The van der Waals surface area contributed by atoms with E-state index in [-0.39, 0.29) is 17.8 Å². The van der Waals surface area contributed by atoms with E-state index in [2.05, 4.69) is 23.8 Å². The van der Waals surface area contributed by atoms with Gasteiger partial charge in [-0.15, -0.1) is 0 Å². The maximum absolute atomic E-state index is 11.7. The van der Waals surface area contributed by atoms with E-state index >= 15 is 0 Å². The summed E-state index contributed by atoms with van der Waals surface area (Å²) in [7, 11) is 1.39. The van der Waals surface area contributed by atoms with Crippen molar-refractivity contribution in [3.05, 3.63) is 12.2 Å². The molecule has 0 radical (unpaired) electrons. The van der Waals surface area contributed by atoms with Gasteiger partial charge in [0.1, 0.15) is 5.78 Å². The summed E-state index contributed by atoms with van der Waals surface area (Å²) in [4.78, 5) is 22.9. The van der Waals surface area contributed by atoms with Gasteiger partial charge in [-0.3, -0.25) is 9.59 Å². The van der Waals surface area contributed by atoms with Crippen LogP contribution >= 0.6 is 0 Å². The summed E-state index contributed by atoms with van der Waals surface area (Å²) < 4.78 is 4.65. The van der Waals surface area contributed by atoms with Crippen molar-refractivity contribution in [1.82, 2.24) is 0 Å². The summed E-state index contributed by atoms with van der Waals surface area (Å²) in [6.07, 6.45) is 7.72. The smallest absolute Gasteiger partial charge is 0.305 e. The third-order valence-corrected chi connectivity index (χ3v) is 3.19. The Balaban J connectivity index is 2.52. The second kappa shape index (κ2) is 6.46. The molecule has 90 valence electrons. The van der Waals surface area contributed by atoms with Crippen LogP contribution in [0.2, 0.25) is 0 Å². The quantitative estimate of drug-likeness (QED) is 0.411. The Kier molecular flexibility index (Phi) is 5.23. The van der Waals surface area contributed by atoms with Gasteiger partial charge in [0.15, 0.2) is 0 Å². The summed E-state index contributed by atoms with van der Waals surface area (Å²) in [6, 6.07) is 0. The molecule has 0 heterocycles. The van der Waals surface area contributed by atoms with Gasteiger partial charge in [0.25, 0.3) is 0 Å². The first-order valence-corrected chi connectivity index (χ1v) is 5.93. The number of carbonyl (C=O) groups is 2. The van der Waals surface area contributed by atoms with Gasteiger partial charge in [-0.05, 0) is 25.2 Å². The minimum Gasteiger partial charge on any atom is -0.469 e. The average molecular weight is 226 g/mol. The Bertz CT molecular complexity index is 281. The molecule has 0 aromatic heterocycles. The Morgan fingerprint density at radius 3 is 2.88 bits per heavy atom. The van der Waals surface area contributed by atoms with Crippen LogP contribution in [0.5, 0.6) is 0 Å². The Labute approximate surface area is 96.9 Å². The summed E-state index contributed by atoms with van der Waals surface area (Å²) in [5, 5.41) is 0. The number of hydrogen-bond acceptors (Lipinski definition) is 3. The summed E-state index contributed by atoms with van der Waals surface area (Å²) in [5.41, 5.74) is 0. The monoisotopic (exact) mass is 226 g/mol. The van der Waals surface area contributed by atoms with E-state index in [4.69, 9.17) is 0 Å². The predicted molar refractivity (Wildman–Crippen MR) is 61.9 cm³/mol. The molecule has 0 aromatic rings. The molecule has 1 aliphatic carbocycles. The molecular formula is C13H20O3. The molecule has 2 atom stereocenters. The van der Waals surface area contributed by atoms with Crippen LogP contribution in [0.4, 0.5) is 0 Å². The second-order valence-corrected chi connectivity index (χ2v) is 4.27. The normalized spacial score (nSPS) is 25.2. The van der Waals surface area contributed by atoms with Crippen molar-refractivity contribution in [2.45, 2.75) is 39.0 Å². The highest BCUT2D eigenvalue weighted by Gasteiger charge is 2.34. The zero-order chi connectivity index (χ0) is 12.0. The molecule has 0 amide bonds. The third kappa shape index (κ3) is 3.47. The number of ketones is 1. The zero-order valence-corrected chi connectivity index (χ0v) is 10.1. The van der Waals surface area contributed by atoms with Crippen LogP contribution in [-0.4, -0.2) is 18.9 Å².